The van der Waals surface area contributed by atoms with Gasteiger partial charge in [-0.3, -0.25) is 14.5 Å². The maximum Gasteiger partial charge on any atom is 0.232 e. The molecule has 3 aliphatic heterocycles. The molecule has 0 bridgehead atoms. The van der Waals surface area contributed by atoms with E-state index < -0.39 is 17.0 Å². The van der Waals surface area contributed by atoms with Crippen molar-refractivity contribution in [3.8, 4) is 0 Å². The Morgan fingerprint density at radius 3 is 2.05 bits per heavy atom. The number of piperidine rings is 1. The minimum Gasteiger partial charge on any atom is -0.345 e. The molecule has 2 aromatic rings. The Hall–Kier alpha value is -2.51. The predicted octanol–water partition coefficient (Wildman–Crippen LogP) is 6.74. The van der Waals surface area contributed by atoms with Crippen LogP contribution in [-0.4, -0.2) is 71.8 Å². The Labute approximate surface area is 248 Å². The number of halogens is 3. The van der Waals surface area contributed by atoms with Crippen molar-refractivity contribution in [3.05, 3.63) is 69.7 Å². The summed E-state index contributed by atoms with van der Waals surface area (Å²) in [5.74, 6) is -0.169. The summed E-state index contributed by atoms with van der Waals surface area (Å²) in [6.07, 6.45) is 4.83. The molecule has 0 aromatic heterocycles. The highest BCUT2D eigenvalue weighted by atomic mass is 35.5. The van der Waals surface area contributed by atoms with Gasteiger partial charge >= 0.3 is 0 Å². The van der Waals surface area contributed by atoms with E-state index in [0.29, 0.717) is 16.5 Å². The third-order valence-electron chi connectivity index (χ3n) is 9.02. The first-order valence-electron chi connectivity index (χ1n) is 14.8. The molecule has 0 saturated carbocycles. The first kappa shape index (κ1) is 31.4. The summed E-state index contributed by atoms with van der Waals surface area (Å²) in [4.78, 5) is 30.0. The van der Waals surface area contributed by atoms with E-state index in [2.05, 4.69) is 31.7 Å². The van der Waals surface area contributed by atoms with E-state index in [1.165, 1.54) is 11.6 Å². The Morgan fingerprint density at radius 1 is 0.878 bits per heavy atom. The largest absolute Gasteiger partial charge is 0.345 e. The van der Waals surface area contributed by atoms with Crippen molar-refractivity contribution >= 4 is 23.9 Å². The molecule has 0 spiro atoms. The van der Waals surface area contributed by atoms with Gasteiger partial charge in [-0.05, 0) is 108 Å². The maximum atomic E-state index is 13.7. The quantitative estimate of drug-likeness (QED) is 0.364. The lowest BCUT2D eigenvalue weighted by atomic mass is 9.75. The molecular weight excluding hydrogens is 544 g/mol. The van der Waals surface area contributed by atoms with Gasteiger partial charge < -0.3 is 9.80 Å². The van der Waals surface area contributed by atoms with Gasteiger partial charge in [-0.25, -0.2) is 8.78 Å². The lowest BCUT2D eigenvalue weighted by Crippen LogP contribution is -2.50. The van der Waals surface area contributed by atoms with Gasteiger partial charge in [-0.15, -0.1) is 0 Å². The van der Waals surface area contributed by atoms with Crippen LogP contribution >= 0.6 is 11.6 Å². The summed E-state index contributed by atoms with van der Waals surface area (Å²) in [5.41, 5.74) is 2.44. The van der Waals surface area contributed by atoms with Gasteiger partial charge in [0.15, 0.2) is 0 Å². The minimum atomic E-state index is -0.581. The fourth-order valence-corrected chi connectivity index (χ4v) is 6.40. The molecule has 0 N–H and O–H groups in total. The van der Waals surface area contributed by atoms with Gasteiger partial charge in [-0.2, -0.15) is 0 Å². The summed E-state index contributed by atoms with van der Waals surface area (Å²) >= 11 is 6.26. The first-order valence-corrected chi connectivity index (χ1v) is 15.2. The van der Waals surface area contributed by atoms with E-state index in [4.69, 9.17) is 11.6 Å². The standard InChI is InChI=1S/C19H25ClN2O2.C14H19F2N/c1-19(2,18(24)22-8-3-9-22)17-12-15(20)4-5-16(17)14-6-10-21(13-23)11-7-14;1-14(2,3)17-7-6-10(9-17)12-5-4-11(15)8-13(12)16/h4-5,12-14H,3,6-11H2,1-2H3;4-5,8,10H,6-7,9H2,1-3H3/t;10-/m.0/s1. The van der Waals surface area contributed by atoms with Crippen LogP contribution < -0.4 is 0 Å². The zero-order chi connectivity index (χ0) is 29.9. The lowest BCUT2D eigenvalue weighted by molar-refractivity contribution is -0.139. The van der Waals surface area contributed by atoms with E-state index in [9.17, 15) is 18.4 Å². The number of benzene rings is 2. The molecule has 2 amide bonds. The zero-order valence-corrected chi connectivity index (χ0v) is 25.8. The van der Waals surface area contributed by atoms with Gasteiger partial charge in [-0.1, -0.05) is 23.7 Å². The second-order valence-corrected chi connectivity index (χ2v) is 13.6. The molecule has 3 saturated heterocycles. The molecule has 224 valence electrons. The van der Waals surface area contributed by atoms with Crippen molar-refractivity contribution in [1.29, 1.82) is 0 Å². The SMILES string of the molecule is CC(C)(C(=O)N1CCC1)c1cc(Cl)ccc1C1CCN(C=O)CC1.CC(C)(C)N1CC[C@H](c2ccc(F)cc2F)C1. The Kier molecular flexibility index (Phi) is 9.80. The van der Waals surface area contributed by atoms with Crippen LogP contribution in [0, 0.1) is 11.6 Å². The number of likely N-dealkylation sites (tertiary alicyclic amines) is 3. The third-order valence-corrected chi connectivity index (χ3v) is 9.26. The summed E-state index contributed by atoms with van der Waals surface area (Å²) in [5, 5.41) is 0.670. The Bertz CT molecular complexity index is 1230. The van der Waals surface area contributed by atoms with Crippen molar-refractivity contribution in [2.24, 2.45) is 0 Å². The molecule has 2 aromatic carbocycles. The Morgan fingerprint density at radius 2 is 1.51 bits per heavy atom. The number of amides is 2. The number of hydrogen-bond donors (Lipinski definition) is 0. The molecule has 0 aliphatic carbocycles. The van der Waals surface area contributed by atoms with Crippen molar-refractivity contribution in [3.63, 3.8) is 0 Å². The number of carbonyl (C=O) groups excluding carboxylic acids is 2. The van der Waals surface area contributed by atoms with Crippen molar-refractivity contribution in [2.75, 3.05) is 39.3 Å². The van der Waals surface area contributed by atoms with Crippen LogP contribution in [0.2, 0.25) is 5.02 Å². The van der Waals surface area contributed by atoms with E-state index in [1.54, 1.807) is 6.07 Å². The smallest absolute Gasteiger partial charge is 0.232 e. The molecule has 3 aliphatic rings. The van der Waals surface area contributed by atoms with E-state index in [0.717, 1.165) is 83.0 Å². The molecule has 8 heteroatoms. The van der Waals surface area contributed by atoms with Crippen LogP contribution in [0.15, 0.2) is 36.4 Å². The van der Waals surface area contributed by atoms with E-state index in [1.807, 2.05) is 35.8 Å². The second-order valence-electron chi connectivity index (χ2n) is 13.2. The molecule has 5 nitrogen and oxygen atoms in total. The maximum absolute atomic E-state index is 13.7. The summed E-state index contributed by atoms with van der Waals surface area (Å²) in [7, 11) is 0. The van der Waals surface area contributed by atoms with Crippen LogP contribution in [0.5, 0.6) is 0 Å². The second kappa shape index (κ2) is 12.8. The molecular formula is C33H44ClF2N3O2. The molecule has 0 unspecified atom stereocenters. The van der Waals surface area contributed by atoms with Gasteiger partial charge in [0.05, 0.1) is 5.41 Å². The van der Waals surface area contributed by atoms with E-state index >= 15 is 0 Å². The molecule has 41 heavy (non-hydrogen) atoms. The van der Waals surface area contributed by atoms with Crippen LogP contribution in [0.3, 0.4) is 0 Å². The molecule has 1 atom stereocenters. The summed E-state index contributed by atoms with van der Waals surface area (Å²) in [6.45, 7) is 15.6. The van der Waals surface area contributed by atoms with Crippen LogP contribution in [0.25, 0.3) is 0 Å². The summed E-state index contributed by atoms with van der Waals surface area (Å²) in [6, 6.07) is 9.86. The fraction of sp³-hybridized carbons (Fsp3) is 0.576. The number of rotatable bonds is 5. The zero-order valence-electron chi connectivity index (χ0n) is 25.1. The van der Waals surface area contributed by atoms with Crippen molar-refractivity contribution in [1.82, 2.24) is 14.7 Å². The average molecular weight is 588 g/mol. The third kappa shape index (κ3) is 7.29. The van der Waals surface area contributed by atoms with Crippen molar-refractivity contribution < 1.29 is 18.4 Å². The van der Waals surface area contributed by atoms with Gasteiger partial charge in [0.25, 0.3) is 0 Å². The number of carbonyl (C=O) groups is 2. The van der Waals surface area contributed by atoms with Crippen LogP contribution in [0.1, 0.15) is 88.8 Å². The number of hydrogen-bond acceptors (Lipinski definition) is 3. The average Bonchev–Trinajstić information content (AvgIpc) is 3.39. The highest BCUT2D eigenvalue weighted by Crippen LogP contribution is 2.39. The highest BCUT2D eigenvalue weighted by Gasteiger charge is 2.39. The molecule has 5 rings (SSSR count). The number of nitrogens with zero attached hydrogens (tertiary/aromatic N) is 3. The predicted molar refractivity (Wildman–Crippen MR) is 160 cm³/mol. The normalized spacial score (nSPS) is 20.3. The monoisotopic (exact) mass is 587 g/mol. The molecule has 3 heterocycles. The topological polar surface area (TPSA) is 43.9 Å². The fourth-order valence-electron chi connectivity index (χ4n) is 6.23. The van der Waals surface area contributed by atoms with Gasteiger partial charge in [0.2, 0.25) is 12.3 Å². The summed E-state index contributed by atoms with van der Waals surface area (Å²) < 4.78 is 26.5. The molecule has 3 fully saturated rings. The van der Waals surface area contributed by atoms with Crippen LogP contribution in [0.4, 0.5) is 8.78 Å². The minimum absolute atomic E-state index is 0.116. The lowest BCUT2D eigenvalue weighted by Gasteiger charge is -2.39. The Balaban J connectivity index is 0.000000201. The van der Waals surface area contributed by atoms with Crippen molar-refractivity contribution in [2.45, 2.75) is 83.1 Å². The first-order chi connectivity index (χ1) is 19.3. The van der Waals surface area contributed by atoms with Crippen LogP contribution in [-0.2, 0) is 15.0 Å². The molecule has 0 radical (unpaired) electrons. The van der Waals surface area contributed by atoms with Gasteiger partial charge in [0.1, 0.15) is 11.6 Å². The van der Waals surface area contributed by atoms with Gasteiger partial charge in [0, 0.05) is 55.3 Å². The van der Waals surface area contributed by atoms with E-state index in [-0.39, 0.29) is 17.4 Å². The highest BCUT2D eigenvalue weighted by molar-refractivity contribution is 6.30.